The number of hydrogen-bond acceptors (Lipinski definition) is 4. The Bertz CT molecular complexity index is 223. The normalized spacial score (nSPS) is 27.1. The van der Waals surface area contributed by atoms with Crippen LogP contribution in [0.25, 0.3) is 0 Å². The Labute approximate surface area is 89.9 Å². The molecular formula is C11H18O4. The van der Waals surface area contributed by atoms with Gasteiger partial charge in [0.2, 0.25) is 0 Å². The maximum Gasteiger partial charge on any atom is 0.286 e. The molecule has 2 aliphatic rings. The quantitative estimate of drug-likeness (QED) is 0.714. The average Bonchev–Trinajstić information content (AvgIpc) is 2.69. The molecule has 0 aromatic carbocycles. The van der Waals surface area contributed by atoms with Gasteiger partial charge in [-0.3, -0.25) is 4.79 Å². The van der Waals surface area contributed by atoms with Crippen LogP contribution < -0.4 is 0 Å². The van der Waals surface area contributed by atoms with Gasteiger partial charge in [0.15, 0.2) is 0 Å². The lowest BCUT2D eigenvalue weighted by atomic mass is 9.86. The Morgan fingerprint density at radius 3 is 2.47 bits per heavy atom. The van der Waals surface area contributed by atoms with Gasteiger partial charge in [-0.05, 0) is 19.8 Å². The molecule has 2 fully saturated rings. The van der Waals surface area contributed by atoms with Crippen LogP contribution in [0.5, 0.6) is 0 Å². The van der Waals surface area contributed by atoms with E-state index in [1.165, 1.54) is 0 Å². The van der Waals surface area contributed by atoms with E-state index < -0.39 is 5.97 Å². The van der Waals surface area contributed by atoms with Gasteiger partial charge in [0.05, 0.1) is 13.2 Å². The molecular weight excluding hydrogens is 196 g/mol. The van der Waals surface area contributed by atoms with Gasteiger partial charge in [0.1, 0.15) is 5.78 Å². The van der Waals surface area contributed by atoms with Gasteiger partial charge < -0.3 is 14.2 Å². The first-order valence-electron chi connectivity index (χ1n) is 5.70. The van der Waals surface area contributed by atoms with E-state index >= 15 is 0 Å². The van der Waals surface area contributed by atoms with Crippen LogP contribution in [0, 0.1) is 5.92 Å². The summed E-state index contributed by atoms with van der Waals surface area (Å²) in [5, 5.41) is 0. The van der Waals surface area contributed by atoms with E-state index in [1.807, 2.05) is 6.92 Å². The lowest BCUT2D eigenvalue weighted by molar-refractivity contribution is -0.359. The van der Waals surface area contributed by atoms with Gasteiger partial charge >= 0.3 is 0 Å². The third kappa shape index (κ3) is 2.22. The lowest BCUT2D eigenvalue weighted by Gasteiger charge is -2.36. The van der Waals surface area contributed by atoms with Gasteiger partial charge in [-0.1, -0.05) is 0 Å². The highest BCUT2D eigenvalue weighted by Crippen LogP contribution is 2.38. The molecule has 15 heavy (non-hydrogen) atoms. The summed E-state index contributed by atoms with van der Waals surface area (Å²) in [7, 11) is 0. The standard InChI is InChI=1S/C11H18O4/c1-2-13-11(14-7-8-15-11)9-3-5-10(12)6-4-9/h9H,2-8H2,1H3. The van der Waals surface area contributed by atoms with Crippen LogP contribution in [0.15, 0.2) is 0 Å². The van der Waals surface area contributed by atoms with Gasteiger partial charge in [-0.25, -0.2) is 0 Å². The van der Waals surface area contributed by atoms with E-state index in [4.69, 9.17) is 14.2 Å². The molecule has 1 aliphatic heterocycles. The van der Waals surface area contributed by atoms with Crippen LogP contribution in [0.1, 0.15) is 32.6 Å². The fourth-order valence-corrected chi connectivity index (χ4v) is 2.34. The Kier molecular flexibility index (Phi) is 3.38. The van der Waals surface area contributed by atoms with Crippen molar-refractivity contribution in [3.8, 4) is 0 Å². The summed E-state index contributed by atoms with van der Waals surface area (Å²) in [5.74, 6) is -0.302. The minimum Gasteiger partial charge on any atom is -0.328 e. The molecule has 2 rings (SSSR count). The smallest absolute Gasteiger partial charge is 0.286 e. The van der Waals surface area contributed by atoms with E-state index in [1.54, 1.807) is 0 Å². The molecule has 1 aliphatic carbocycles. The minimum atomic E-state index is -0.852. The monoisotopic (exact) mass is 214 g/mol. The second kappa shape index (κ2) is 4.60. The van der Waals surface area contributed by atoms with Crippen molar-refractivity contribution in [2.75, 3.05) is 19.8 Å². The number of carbonyl (C=O) groups is 1. The summed E-state index contributed by atoms with van der Waals surface area (Å²) in [4.78, 5) is 11.2. The summed E-state index contributed by atoms with van der Waals surface area (Å²) in [5.41, 5.74) is 0. The maximum atomic E-state index is 11.2. The lowest BCUT2D eigenvalue weighted by Crippen LogP contribution is -2.44. The number of hydrogen-bond donors (Lipinski definition) is 0. The molecule has 0 unspecified atom stereocenters. The summed E-state index contributed by atoms with van der Waals surface area (Å²) in [6.45, 7) is 3.68. The second-order valence-corrected chi connectivity index (χ2v) is 4.05. The summed E-state index contributed by atoms with van der Waals surface area (Å²) in [6.07, 6.45) is 2.90. The predicted molar refractivity (Wildman–Crippen MR) is 53.2 cm³/mol. The highest BCUT2D eigenvalue weighted by molar-refractivity contribution is 5.79. The number of ether oxygens (including phenoxy) is 3. The highest BCUT2D eigenvalue weighted by Gasteiger charge is 2.46. The molecule has 0 spiro atoms. The number of carbonyl (C=O) groups excluding carboxylic acids is 1. The van der Waals surface area contributed by atoms with Crippen molar-refractivity contribution in [2.45, 2.75) is 38.6 Å². The molecule has 0 aromatic heterocycles. The molecule has 0 amide bonds. The molecule has 0 aromatic rings. The molecule has 1 saturated heterocycles. The third-order valence-corrected chi connectivity index (χ3v) is 3.08. The third-order valence-electron chi connectivity index (χ3n) is 3.08. The highest BCUT2D eigenvalue weighted by atomic mass is 16.9. The fraction of sp³-hybridized carbons (Fsp3) is 0.909. The van der Waals surface area contributed by atoms with Crippen molar-refractivity contribution in [1.82, 2.24) is 0 Å². The van der Waals surface area contributed by atoms with Crippen molar-refractivity contribution in [2.24, 2.45) is 5.92 Å². The van der Waals surface area contributed by atoms with E-state index in [9.17, 15) is 4.79 Å². The average molecular weight is 214 g/mol. The van der Waals surface area contributed by atoms with Crippen LogP contribution in [-0.4, -0.2) is 31.6 Å². The van der Waals surface area contributed by atoms with Crippen molar-refractivity contribution >= 4 is 5.78 Å². The molecule has 0 N–H and O–H groups in total. The maximum absolute atomic E-state index is 11.2. The zero-order valence-corrected chi connectivity index (χ0v) is 9.16. The summed E-state index contributed by atoms with van der Waals surface area (Å²) in [6, 6.07) is 0. The zero-order valence-electron chi connectivity index (χ0n) is 9.16. The largest absolute Gasteiger partial charge is 0.328 e. The Morgan fingerprint density at radius 1 is 1.33 bits per heavy atom. The Morgan fingerprint density at radius 2 is 1.93 bits per heavy atom. The fourth-order valence-electron chi connectivity index (χ4n) is 2.34. The first-order valence-corrected chi connectivity index (χ1v) is 5.70. The molecule has 1 saturated carbocycles. The van der Waals surface area contributed by atoms with Crippen molar-refractivity contribution < 1.29 is 19.0 Å². The number of Topliss-reactive ketones (excluding diaryl/α,β-unsaturated/α-hetero) is 1. The summed E-state index contributed by atoms with van der Waals surface area (Å²) >= 11 is 0. The van der Waals surface area contributed by atoms with Crippen LogP contribution in [0.4, 0.5) is 0 Å². The van der Waals surface area contributed by atoms with Crippen LogP contribution >= 0.6 is 0 Å². The van der Waals surface area contributed by atoms with E-state index in [2.05, 4.69) is 0 Å². The van der Waals surface area contributed by atoms with Gasteiger partial charge in [-0.2, -0.15) is 0 Å². The van der Waals surface area contributed by atoms with Crippen molar-refractivity contribution in [1.29, 1.82) is 0 Å². The summed E-state index contributed by atoms with van der Waals surface area (Å²) < 4.78 is 16.8. The van der Waals surface area contributed by atoms with E-state index in [-0.39, 0.29) is 5.92 Å². The molecule has 0 radical (unpaired) electrons. The molecule has 0 atom stereocenters. The van der Waals surface area contributed by atoms with Gasteiger partial charge in [-0.15, -0.1) is 0 Å². The van der Waals surface area contributed by atoms with E-state index in [0.717, 1.165) is 12.8 Å². The minimum absolute atomic E-state index is 0.206. The zero-order chi connectivity index (χ0) is 10.7. The predicted octanol–water partition coefficient (Wildman–Crippen LogP) is 1.48. The van der Waals surface area contributed by atoms with Crippen molar-refractivity contribution in [3.05, 3.63) is 0 Å². The van der Waals surface area contributed by atoms with Gasteiger partial charge in [0, 0.05) is 25.4 Å². The van der Waals surface area contributed by atoms with Crippen LogP contribution in [0.3, 0.4) is 0 Å². The van der Waals surface area contributed by atoms with Crippen LogP contribution in [-0.2, 0) is 19.0 Å². The first-order chi connectivity index (χ1) is 7.27. The van der Waals surface area contributed by atoms with Crippen molar-refractivity contribution in [3.63, 3.8) is 0 Å². The molecule has 1 heterocycles. The number of ketones is 1. The molecule has 86 valence electrons. The van der Waals surface area contributed by atoms with Crippen LogP contribution in [0.2, 0.25) is 0 Å². The molecule has 0 bridgehead atoms. The first kappa shape index (κ1) is 11.0. The number of rotatable bonds is 3. The Balaban J connectivity index is 2.01. The second-order valence-electron chi connectivity index (χ2n) is 4.05. The van der Waals surface area contributed by atoms with Gasteiger partial charge in [0.25, 0.3) is 5.97 Å². The Hall–Kier alpha value is -0.450. The molecule has 4 heteroatoms. The SMILES string of the molecule is CCOC1(C2CCC(=O)CC2)OCCO1. The topological polar surface area (TPSA) is 44.8 Å². The van der Waals surface area contributed by atoms with E-state index in [0.29, 0.717) is 38.4 Å². The molecule has 4 nitrogen and oxygen atoms in total.